The predicted octanol–water partition coefficient (Wildman–Crippen LogP) is 2.23. The number of aliphatic hydroxyl groups excluding tert-OH is 1. The van der Waals surface area contributed by atoms with Crippen molar-refractivity contribution in [3.05, 3.63) is 75.4 Å². The van der Waals surface area contributed by atoms with Crippen molar-refractivity contribution in [1.82, 2.24) is 29.5 Å². The number of ether oxygens (including phenoxy) is 1. The smallest absolute Gasteiger partial charge is 0.265 e. The van der Waals surface area contributed by atoms with Crippen LogP contribution in [0.15, 0.2) is 53.7 Å². The summed E-state index contributed by atoms with van der Waals surface area (Å²) < 4.78 is 8.63. The number of methoxy groups -OCH3 is 1. The Morgan fingerprint density at radius 1 is 1.23 bits per heavy atom. The number of hydrogen-bond acceptors (Lipinski definition) is 7. The number of carbonyl (C=O) groups excluding carboxylic acids is 2. The van der Waals surface area contributed by atoms with Crippen LogP contribution in [0, 0.1) is 5.92 Å². The van der Waals surface area contributed by atoms with Crippen LogP contribution in [0.2, 0.25) is 5.02 Å². The van der Waals surface area contributed by atoms with Crippen LogP contribution in [-0.2, 0) is 24.9 Å². The topological polar surface area (TPSA) is 132 Å². The standard InChI is InChI=1S/C28H29ClN6O5/c1-33-14-19(11-32-33)23-12-30-26-21(25(23)40-2)9-22(27(38)31-10-17-3-5-20(29)6-4-17)28(39)35(26)15-24(37)34-8-7-18(13-34)16-36/h3-6,9,11-12,14,18,36H,7-8,10,13,15-16H2,1-2H3,(H,31,38). The second-order valence-electron chi connectivity index (χ2n) is 9.78. The molecular formula is C28H29ClN6O5. The molecule has 1 aliphatic heterocycles. The minimum atomic E-state index is -0.643. The Labute approximate surface area is 234 Å². The molecule has 11 nitrogen and oxygen atoms in total. The molecule has 1 saturated heterocycles. The SMILES string of the molecule is COc1c(-c2cnn(C)c2)cnc2c1cc(C(=O)NCc1ccc(Cl)cc1)c(=O)n2CC(=O)N1CCC(CO)C1. The van der Waals surface area contributed by atoms with Crippen LogP contribution in [0.4, 0.5) is 0 Å². The lowest BCUT2D eigenvalue weighted by Gasteiger charge is -2.19. The van der Waals surface area contributed by atoms with E-state index in [4.69, 9.17) is 16.3 Å². The van der Waals surface area contributed by atoms with Crippen molar-refractivity contribution in [3.63, 3.8) is 0 Å². The lowest BCUT2D eigenvalue weighted by molar-refractivity contribution is -0.130. The number of hydrogen-bond donors (Lipinski definition) is 2. The highest BCUT2D eigenvalue weighted by molar-refractivity contribution is 6.30. The summed E-state index contributed by atoms with van der Waals surface area (Å²) in [6.45, 7) is 0.749. The van der Waals surface area contributed by atoms with Gasteiger partial charge >= 0.3 is 0 Å². The van der Waals surface area contributed by atoms with Crippen LogP contribution < -0.4 is 15.6 Å². The number of benzene rings is 1. The van der Waals surface area contributed by atoms with Gasteiger partial charge in [-0.2, -0.15) is 5.10 Å². The molecule has 2 amide bonds. The third kappa shape index (κ3) is 5.43. The first-order valence-corrected chi connectivity index (χ1v) is 13.2. The maximum absolute atomic E-state index is 13.7. The summed E-state index contributed by atoms with van der Waals surface area (Å²) in [7, 11) is 3.28. The first-order valence-electron chi connectivity index (χ1n) is 12.8. The summed E-state index contributed by atoms with van der Waals surface area (Å²) >= 11 is 5.96. The van der Waals surface area contributed by atoms with Crippen molar-refractivity contribution >= 4 is 34.4 Å². The molecule has 1 unspecified atom stereocenters. The van der Waals surface area contributed by atoms with E-state index in [2.05, 4.69) is 15.4 Å². The van der Waals surface area contributed by atoms with Gasteiger partial charge in [-0.3, -0.25) is 23.6 Å². The summed E-state index contributed by atoms with van der Waals surface area (Å²) in [5.41, 5.74) is 1.60. The molecule has 0 saturated carbocycles. The number of nitrogens with zero attached hydrogens (tertiary/aromatic N) is 5. The molecule has 2 N–H and O–H groups in total. The largest absolute Gasteiger partial charge is 0.495 e. The first-order chi connectivity index (χ1) is 19.3. The predicted molar refractivity (Wildman–Crippen MR) is 149 cm³/mol. The van der Waals surface area contributed by atoms with Crippen molar-refractivity contribution in [1.29, 1.82) is 0 Å². The van der Waals surface area contributed by atoms with Crippen LogP contribution in [0.25, 0.3) is 22.2 Å². The average molecular weight is 565 g/mol. The van der Waals surface area contributed by atoms with Crippen LogP contribution in [0.1, 0.15) is 22.3 Å². The summed E-state index contributed by atoms with van der Waals surface area (Å²) in [5.74, 6) is -0.497. The van der Waals surface area contributed by atoms with Crippen molar-refractivity contribution in [2.45, 2.75) is 19.5 Å². The van der Waals surface area contributed by atoms with E-state index in [0.29, 0.717) is 41.2 Å². The second kappa shape index (κ2) is 11.5. The van der Waals surface area contributed by atoms with Crippen LogP contribution in [0.5, 0.6) is 5.75 Å². The minimum Gasteiger partial charge on any atom is -0.495 e. The van der Waals surface area contributed by atoms with Crippen LogP contribution >= 0.6 is 11.6 Å². The monoisotopic (exact) mass is 564 g/mol. The van der Waals surface area contributed by atoms with Gasteiger partial charge in [0.15, 0.2) is 0 Å². The number of aromatic nitrogens is 4. The Morgan fingerprint density at radius 3 is 2.65 bits per heavy atom. The maximum atomic E-state index is 13.7. The maximum Gasteiger partial charge on any atom is 0.265 e. The van der Waals surface area contributed by atoms with Gasteiger partial charge in [0, 0.05) is 67.7 Å². The zero-order valence-corrected chi connectivity index (χ0v) is 22.9. The summed E-state index contributed by atoms with van der Waals surface area (Å²) in [5, 5.41) is 17.5. The lowest BCUT2D eigenvalue weighted by atomic mass is 10.1. The average Bonchev–Trinajstić information content (AvgIpc) is 3.62. The molecule has 4 aromatic rings. The Balaban J connectivity index is 1.58. The Morgan fingerprint density at radius 2 is 2.00 bits per heavy atom. The van der Waals surface area contributed by atoms with Gasteiger partial charge in [-0.05, 0) is 30.2 Å². The summed E-state index contributed by atoms with van der Waals surface area (Å²) in [4.78, 5) is 46.4. The van der Waals surface area contributed by atoms with Crippen LogP contribution in [0.3, 0.4) is 0 Å². The third-order valence-electron chi connectivity index (χ3n) is 7.09. The molecule has 0 bridgehead atoms. The highest BCUT2D eigenvalue weighted by Crippen LogP contribution is 2.35. The summed E-state index contributed by atoms with van der Waals surface area (Å²) in [6, 6.07) is 8.45. The Kier molecular flexibility index (Phi) is 7.85. The first kappa shape index (κ1) is 27.4. The van der Waals surface area contributed by atoms with E-state index in [1.54, 1.807) is 59.5 Å². The molecule has 40 heavy (non-hydrogen) atoms. The molecule has 3 aromatic heterocycles. The number of carbonyl (C=O) groups is 2. The number of amides is 2. The Bertz CT molecular complexity index is 1630. The van der Waals surface area contributed by atoms with Gasteiger partial charge in [-0.25, -0.2) is 4.98 Å². The van der Waals surface area contributed by atoms with Crippen LogP contribution in [-0.4, -0.2) is 68.0 Å². The van der Waals surface area contributed by atoms with E-state index < -0.39 is 11.5 Å². The lowest BCUT2D eigenvalue weighted by Crippen LogP contribution is -2.38. The van der Waals surface area contributed by atoms with Gasteiger partial charge in [-0.1, -0.05) is 23.7 Å². The van der Waals surface area contributed by atoms with Crippen molar-refractivity contribution in [3.8, 4) is 16.9 Å². The summed E-state index contributed by atoms with van der Waals surface area (Å²) in [6.07, 6.45) is 5.72. The fourth-order valence-corrected chi connectivity index (χ4v) is 5.04. The number of aryl methyl sites for hydroxylation is 1. The molecule has 1 aromatic carbocycles. The second-order valence-corrected chi connectivity index (χ2v) is 10.2. The van der Waals surface area contributed by atoms with E-state index >= 15 is 0 Å². The third-order valence-corrected chi connectivity index (χ3v) is 7.34. The van der Waals surface area contributed by atoms with E-state index in [1.807, 2.05) is 0 Å². The number of fused-ring (bicyclic) bond motifs is 1. The quantitative estimate of drug-likeness (QED) is 0.335. The van der Waals surface area contributed by atoms with Crippen molar-refractivity contribution in [2.24, 2.45) is 13.0 Å². The molecule has 12 heteroatoms. The number of rotatable bonds is 8. The fourth-order valence-electron chi connectivity index (χ4n) is 4.91. The number of pyridine rings is 2. The number of aliphatic hydroxyl groups is 1. The van der Waals surface area contributed by atoms with Gasteiger partial charge in [0.1, 0.15) is 23.5 Å². The molecule has 4 heterocycles. The number of nitrogens with one attached hydrogen (secondary N) is 1. The van der Waals surface area contributed by atoms with Crippen molar-refractivity contribution in [2.75, 3.05) is 26.8 Å². The molecule has 0 aliphatic carbocycles. The van der Waals surface area contributed by atoms with Gasteiger partial charge in [0.2, 0.25) is 5.91 Å². The number of likely N-dealkylation sites (tertiary alicyclic amines) is 1. The van der Waals surface area contributed by atoms with Crippen molar-refractivity contribution < 1.29 is 19.4 Å². The number of halogens is 1. The van der Waals surface area contributed by atoms with Gasteiger partial charge < -0.3 is 20.1 Å². The molecular weight excluding hydrogens is 536 g/mol. The van der Waals surface area contributed by atoms with Gasteiger partial charge in [-0.15, -0.1) is 0 Å². The van der Waals surface area contributed by atoms with E-state index in [-0.39, 0.29) is 42.7 Å². The molecule has 0 radical (unpaired) electrons. The Hall–Kier alpha value is -4.22. The molecule has 1 atom stereocenters. The molecule has 1 aliphatic rings. The zero-order chi connectivity index (χ0) is 28.4. The van der Waals surface area contributed by atoms with E-state index in [0.717, 1.165) is 11.1 Å². The normalized spacial score (nSPS) is 15.0. The van der Waals surface area contributed by atoms with Gasteiger partial charge in [0.25, 0.3) is 11.5 Å². The van der Waals surface area contributed by atoms with E-state index in [1.165, 1.54) is 17.7 Å². The highest BCUT2D eigenvalue weighted by Gasteiger charge is 2.28. The van der Waals surface area contributed by atoms with Gasteiger partial charge in [0.05, 0.1) is 18.7 Å². The zero-order valence-electron chi connectivity index (χ0n) is 22.1. The van der Waals surface area contributed by atoms with E-state index in [9.17, 15) is 19.5 Å². The molecule has 5 rings (SSSR count). The molecule has 0 spiro atoms. The minimum absolute atomic E-state index is 0.00246. The molecule has 1 fully saturated rings. The highest BCUT2D eigenvalue weighted by atomic mass is 35.5. The molecule has 208 valence electrons. The fraction of sp³-hybridized carbons (Fsp3) is 0.321.